The van der Waals surface area contributed by atoms with Crippen molar-refractivity contribution in [2.75, 3.05) is 11.9 Å². The molecular formula is C23H22N2O2. The molecule has 0 bridgehead atoms. The van der Waals surface area contributed by atoms with Crippen molar-refractivity contribution in [3.8, 4) is 11.1 Å². The van der Waals surface area contributed by atoms with Crippen molar-refractivity contribution in [2.45, 2.75) is 13.8 Å². The minimum Gasteiger partial charge on any atom is -0.343 e. The lowest BCUT2D eigenvalue weighted by Gasteiger charge is -2.12. The van der Waals surface area contributed by atoms with E-state index in [1.165, 1.54) is 0 Å². The maximum absolute atomic E-state index is 12.3. The summed E-state index contributed by atoms with van der Waals surface area (Å²) in [5.74, 6) is -0.520. The Kier molecular flexibility index (Phi) is 5.67. The summed E-state index contributed by atoms with van der Waals surface area (Å²) in [6.07, 6.45) is 0. The van der Waals surface area contributed by atoms with E-state index in [1.54, 1.807) is 12.1 Å². The third kappa shape index (κ3) is 4.61. The highest BCUT2D eigenvalue weighted by Crippen LogP contribution is 2.20. The molecule has 2 amide bonds. The first-order valence-electron chi connectivity index (χ1n) is 8.84. The van der Waals surface area contributed by atoms with E-state index in [1.807, 2.05) is 74.5 Å². The van der Waals surface area contributed by atoms with E-state index in [2.05, 4.69) is 10.6 Å². The SMILES string of the molecule is Cc1cccc(C)c1NC(=O)CNC(=O)c1ccc(-c2ccccc2)cc1. The van der Waals surface area contributed by atoms with E-state index in [0.717, 1.165) is 27.9 Å². The Labute approximate surface area is 159 Å². The molecule has 0 aliphatic heterocycles. The topological polar surface area (TPSA) is 58.2 Å². The number of nitrogens with one attached hydrogen (secondary N) is 2. The van der Waals surface area contributed by atoms with E-state index < -0.39 is 0 Å². The lowest BCUT2D eigenvalue weighted by Crippen LogP contribution is -2.33. The van der Waals surface area contributed by atoms with Crippen molar-refractivity contribution in [1.29, 1.82) is 0 Å². The van der Waals surface area contributed by atoms with Gasteiger partial charge in [0, 0.05) is 11.3 Å². The predicted molar refractivity (Wildman–Crippen MR) is 109 cm³/mol. The zero-order valence-corrected chi connectivity index (χ0v) is 15.5. The van der Waals surface area contributed by atoms with Crippen LogP contribution in [0.2, 0.25) is 0 Å². The lowest BCUT2D eigenvalue weighted by atomic mass is 10.0. The number of hydrogen-bond donors (Lipinski definition) is 2. The van der Waals surface area contributed by atoms with Gasteiger partial charge in [-0.1, -0.05) is 60.7 Å². The number of carbonyl (C=O) groups is 2. The number of benzene rings is 3. The Morgan fingerprint density at radius 3 is 1.96 bits per heavy atom. The van der Waals surface area contributed by atoms with Crippen molar-refractivity contribution in [3.63, 3.8) is 0 Å². The van der Waals surface area contributed by atoms with Gasteiger partial charge >= 0.3 is 0 Å². The Balaban J connectivity index is 1.58. The summed E-state index contributed by atoms with van der Waals surface area (Å²) in [7, 11) is 0. The third-order valence-electron chi connectivity index (χ3n) is 4.41. The largest absolute Gasteiger partial charge is 0.343 e. The second-order valence-electron chi connectivity index (χ2n) is 6.44. The fourth-order valence-corrected chi connectivity index (χ4v) is 2.90. The van der Waals surface area contributed by atoms with Crippen LogP contribution in [0.15, 0.2) is 72.8 Å². The molecule has 4 heteroatoms. The van der Waals surface area contributed by atoms with Crippen LogP contribution in [0.5, 0.6) is 0 Å². The Hall–Kier alpha value is -3.40. The van der Waals surface area contributed by atoms with Gasteiger partial charge in [0.15, 0.2) is 0 Å². The van der Waals surface area contributed by atoms with Gasteiger partial charge in [0.25, 0.3) is 5.91 Å². The van der Waals surface area contributed by atoms with Gasteiger partial charge in [0.2, 0.25) is 5.91 Å². The summed E-state index contributed by atoms with van der Waals surface area (Å²) >= 11 is 0. The molecule has 0 fully saturated rings. The van der Waals surface area contributed by atoms with Crippen LogP contribution in [0.1, 0.15) is 21.5 Å². The Morgan fingerprint density at radius 2 is 1.33 bits per heavy atom. The highest BCUT2D eigenvalue weighted by molar-refractivity contribution is 6.00. The van der Waals surface area contributed by atoms with E-state index in [9.17, 15) is 9.59 Å². The van der Waals surface area contributed by atoms with Crippen LogP contribution in [-0.4, -0.2) is 18.4 Å². The molecular weight excluding hydrogens is 336 g/mol. The summed E-state index contributed by atoms with van der Waals surface area (Å²) in [6.45, 7) is 3.80. The molecule has 0 spiro atoms. The number of aryl methyl sites for hydroxylation is 2. The molecule has 3 rings (SSSR count). The van der Waals surface area contributed by atoms with Crippen LogP contribution in [0.25, 0.3) is 11.1 Å². The number of carbonyl (C=O) groups excluding carboxylic acids is 2. The zero-order chi connectivity index (χ0) is 19.2. The molecule has 4 nitrogen and oxygen atoms in total. The maximum atomic E-state index is 12.3. The number of hydrogen-bond acceptors (Lipinski definition) is 2. The van der Waals surface area contributed by atoms with Gasteiger partial charge < -0.3 is 10.6 Å². The molecule has 2 N–H and O–H groups in total. The number of amides is 2. The predicted octanol–water partition coefficient (Wildman–Crippen LogP) is 4.34. The first-order chi connectivity index (χ1) is 13.0. The van der Waals surface area contributed by atoms with Crippen LogP contribution in [-0.2, 0) is 4.79 Å². The molecule has 0 heterocycles. The highest BCUT2D eigenvalue weighted by atomic mass is 16.2. The molecule has 0 saturated carbocycles. The summed E-state index contributed by atoms with van der Waals surface area (Å²) < 4.78 is 0. The molecule has 3 aromatic carbocycles. The van der Waals surface area contributed by atoms with Crippen LogP contribution in [0, 0.1) is 13.8 Å². The van der Waals surface area contributed by atoms with Crippen molar-refractivity contribution in [1.82, 2.24) is 5.32 Å². The summed E-state index contributed by atoms with van der Waals surface area (Å²) in [5, 5.41) is 5.53. The zero-order valence-electron chi connectivity index (χ0n) is 15.5. The molecule has 0 aromatic heterocycles. The van der Waals surface area contributed by atoms with Crippen LogP contribution in [0.4, 0.5) is 5.69 Å². The number of anilines is 1. The van der Waals surface area contributed by atoms with Crippen molar-refractivity contribution >= 4 is 17.5 Å². The van der Waals surface area contributed by atoms with Gasteiger partial charge in [-0.15, -0.1) is 0 Å². The quantitative estimate of drug-likeness (QED) is 0.713. The molecule has 0 unspecified atom stereocenters. The van der Waals surface area contributed by atoms with Crippen LogP contribution < -0.4 is 10.6 Å². The highest BCUT2D eigenvalue weighted by Gasteiger charge is 2.10. The molecule has 27 heavy (non-hydrogen) atoms. The van der Waals surface area contributed by atoms with E-state index in [-0.39, 0.29) is 18.4 Å². The third-order valence-corrected chi connectivity index (χ3v) is 4.41. The van der Waals surface area contributed by atoms with Crippen molar-refractivity contribution in [3.05, 3.63) is 89.5 Å². The maximum Gasteiger partial charge on any atom is 0.251 e. The first kappa shape index (κ1) is 18.4. The normalized spacial score (nSPS) is 10.3. The number of rotatable bonds is 5. The van der Waals surface area contributed by atoms with Gasteiger partial charge in [0.1, 0.15) is 0 Å². The molecule has 3 aromatic rings. The first-order valence-corrected chi connectivity index (χ1v) is 8.84. The van der Waals surface area contributed by atoms with Gasteiger partial charge in [-0.05, 0) is 48.2 Å². The summed E-state index contributed by atoms with van der Waals surface area (Å²) in [5.41, 5.74) is 5.44. The lowest BCUT2D eigenvalue weighted by molar-refractivity contribution is -0.115. The minimum absolute atomic E-state index is 0.0763. The Bertz CT molecular complexity index is 928. The van der Waals surface area contributed by atoms with E-state index >= 15 is 0 Å². The fraction of sp³-hybridized carbons (Fsp3) is 0.130. The average molecular weight is 358 g/mol. The second kappa shape index (κ2) is 8.32. The van der Waals surface area contributed by atoms with E-state index in [4.69, 9.17) is 0 Å². The average Bonchev–Trinajstić information content (AvgIpc) is 2.70. The fourth-order valence-electron chi connectivity index (χ4n) is 2.90. The molecule has 0 aliphatic carbocycles. The van der Waals surface area contributed by atoms with Crippen molar-refractivity contribution in [2.24, 2.45) is 0 Å². The van der Waals surface area contributed by atoms with Gasteiger partial charge in [-0.2, -0.15) is 0 Å². The number of para-hydroxylation sites is 1. The standard InChI is InChI=1S/C23H22N2O2/c1-16-7-6-8-17(2)22(16)25-21(26)15-24-23(27)20-13-11-19(12-14-20)18-9-4-3-5-10-18/h3-14H,15H2,1-2H3,(H,24,27)(H,25,26). The van der Waals surface area contributed by atoms with E-state index in [0.29, 0.717) is 5.56 Å². The van der Waals surface area contributed by atoms with Crippen LogP contribution in [0.3, 0.4) is 0 Å². The van der Waals surface area contributed by atoms with Gasteiger partial charge in [-0.25, -0.2) is 0 Å². The molecule has 136 valence electrons. The summed E-state index contributed by atoms with van der Waals surface area (Å²) in [4.78, 5) is 24.5. The smallest absolute Gasteiger partial charge is 0.251 e. The minimum atomic E-state index is -0.272. The Morgan fingerprint density at radius 1 is 0.741 bits per heavy atom. The molecule has 0 saturated heterocycles. The molecule has 0 atom stereocenters. The van der Waals surface area contributed by atoms with Gasteiger partial charge in [-0.3, -0.25) is 9.59 Å². The van der Waals surface area contributed by atoms with Gasteiger partial charge in [0.05, 0.1) is 6.54 Å². The molecule has 0 radical (unpaired) electrons. The second-order valence-corrected chi connectivity index (χ2v) is 6.44. The van der Waals surface area contributed by atoms with Crippen LogP contribution >= 0.6 is 0 Å². The van der Waals surface area contributed by atoms with Crippen molar-refractivity contribution < 1.29 is 9.59 Å². The molecule has 0 aliphatic rings. The summed E-state index contributed by atoms with van der Waals surface area (Å²) in [6, 6.07) is 23.1. The monoisotopic (exact) mass is 358 g/mol.